The molecule has 18 heavy (non-hydrogen) atoms. The minimum atomic E-state index is -1.41. The van der Waals surface area contributed by atoms with Gasteiger partial charge in [-0.25, -0.2) is 0 Å². The highest BCUT2D eigenvalue weighted by molar-refractivity contribution is 7.72. The molecule has 0 saturated carbocycles. The van der Waals surface area contributed by atoms with E-state index in [0.29, 0.717) is 0 Å². The average Bonchev–Trinajstić information content (AvgIpc) is 2.23. The van der Waals surface area contributed by atoms with Crippen molar-refractivity contribution in [3.63, 3.8) is 0 Å². The molecule has 0 fully saturated rings. The van der Waals surface area contributed by atoms with E-state index in [1.54, 1.807) is 0 Å². The first-order valence-corrected chi connectivity index (χ1v) is 14.5. The Kier molecular flexibility index (Phi) is 4.97. The van der Waals surface area contributed by atoms with E-state index in [0.717, 1.165) is 0 Å². The monoisotopic (exact) mass is 293 g/mol. The molecule has 0 amide bonds. The van der Waals surface area contributed by atoms with Crippen LogP contribution in [0.4, 0.5) is 0 Å². The Bertz CT molecular complexity index is 412. The van der Waals surface area contributed by atoms with E-state index in [1.807, 2.05) is 0 Å². The molecular formula is C14H24NPSi2. The summed E-state index contributed by atoms with van der Waals surface area (Å²) in [6.45, 7) is 14.4. The van der Waals surface area contributed by atoms with Crippen LogP contribution in [0.5, 0.6) is 0 Å². The van der Waals surface area contributed by atoms with Crippen molar-refractivity contribution in [2.45, 2.75) is 39.3 Å². The van der Waals surface area contributed by atoms with E-state index >= 15 is 0 Å². The van der Waals surface area contributed by atoms with Crippen molar-refractivity contribution in [3.05, 3.63) is 30.3 Å². The number of benzene rings is 1. The molecule has 1 unspecified atom stereocenters. The standard InChI is InChI=1S/C14H24NPSi2/c1-8-16(14-12-10-9-11-13-14)15(17(2,3)4)18(5,6)7/h1,9-13H,2-7H3. The second kappa shape index (κ2) is 5.71. The van der Waals surface area contributed by atoms with Gasteiger partial charge in [-0.05, 0) is 0 Å². The van der Waals surface area contributed by atoms with E-state index in [2.05, 4.69) is 79.3 Å². The molecule has 0 aromatic heterocycles. The molecule has 0 bridgehead atoms. The Balaban J connectivity index is 3.24. The number of hydrogen-bond donors (Lipinski definition) is 0. The van der Waals surface area contributed by atoms with Gasteiger partial charge in [0.05, 0.1) is 8.07 Å². The fraction of sp³-hybridized carbons (Fsp3) is 0.429. The smallest absolute Gasteiger partial charge is 0.117 e. The SMILES string of the molecule is C#CP(c1ccccc1)N([Si](C)(C)C)[Si](C)(C)C. The third-order valence-electron chi connectivity index (χ3n) is 2.59. The Labute approximate surface area is 116 Å². The average molecular weight is 293 g/mol. The van der Waals surface area contributed by atoms with E-state index in [1.165, 1.54) is 5.30 Å². The first-order chi connectivity index (χ1) is 8.18. The quantitative estimate of drug-likeness (QED) is 0.455. The zero-order chi connectivity index (χ0) is 14.0. The second-order valence-corrected chi connectivity index (χ2v) is 19.0. The van der Waals surface area contributed by atoms with Gasteiger partial charge in [-0.2, -0.15) is 0 Å². The number of rotatable bonds is 4. The summed E-state index contributed by atoms with van der Waals surface area (Å²) in [5.74, 6) is 0. The predicted octanol–water partition coefficient (Wildman–Crippen LogP) is 4.27. The van der Waals surface area contributed by atoms with Crippen molar-refractivity contribution in [1.29, 1.82) is 0 Å². The molecule has 1 atom stereocenters. The lowest BCUT2D eigenvalue weighted by Gasteiger charge is -2.46. The number of terminal acetylenes is 1. The van der Waals surface area contributed by atoms with Crippen molar-refractivity contribution in [2.24, 2.45) is 0 Å². The molecule has 0 spiro atoms. The maximum absolute atomic E-state index is 5.88. The first kappa shape index (κ1) is 15.7. The van der Waals surface area contributed by atoms with Gasteiger partial charge in [-0.15, -0.1) is 6.42 Å². The van der Waals surface area contributed by atoms with Crippen LogP contribution in [0.2, 0.25) is 39.3 Å². The summed E-state index contributed by atoms with van der Waals surface area (Å²) < 4.78 is 2.74. The molecule has 98 valence electrons. The minimum Gasteiger partial charge on any atom is -0.311 e. The molecule has 1 rings (SSSR count). The molecule has 1 aromatic carbocycles. The lowest BCUT2D eigenvalue weighted by molar-refractivity contribution is 0.984. The van der Waals surface area contributed by atoms with Crippen LogP contribution < -0.4 is 5.30 Å². The Morgan fingerprint density at radius 3 is 1.72 bits per heavy atom. The molecule has 0 heterocycles. The lowest BCUT2D eigenvalue weighted by atomic mass is 10.4. The van der Waals surface area contributed by atoms with E-state index in [9.17, 15) is 0 Å². The molecule has 0 radical (unpaired) electrons. The number of nitrogens with zero attached hydrogens (tertiary/aromatic N) is 1. The van der Waals surface area contributed by atoms with Crippen LogP contribution in [0.3, 0.4) is 0 Å². The zero-order valence-corrected chi connectivity index (χ0v) is 15.3. The van der Waals surface area contributed by atoms with Gasteiger partial charge >= 0.3 is 0 Å². The fourth-order valence-electron chi connectivity index (χ4n) is 2.42. The maximum Gasteiger partial charge on any atom is 0.117 e. The highest BCUT2D eigenvalue weighted by Crippen LogP contribution is 2.45. The summed E-state index contributed by atoms with van der Waals surface area (Å²) in [6, 6.07) is 10.6. The van der Waals surface area contributed by atoms with Crippen LogP contribution in [0.15, 0.2) is 30.3 Å². The van der Waals surface area contributed by atoms with Gasteiger partial charge in [-0.1, -0.05) is 75.3 Å². The highest BCUT2D eigenvalue weighted by Gasteiger charge is 2.39. The Morgan fingerprint density at radius 1 is 0.944 bits per heavy atom. The second-order valence-electron chi connectivity index (χ2n) is 6.43. The van der Waals surface area contributed by atoms with Crippen LogP contribution in [0.25, 0.3) is 0 Å². The third kappa shape index (κ3) is 3.80. The van der Waals surface area contributed by atoms with Gasteiger partial charge in [0.1, 0.15) is 16.5 Å². The van der Waals surface area contributed by atoms with Crippen LogP contribution >= 0.6 is 8.07 Å². The number of hydrogen-bond acceptors (Lipinski definition) is 1. The zero-order valence-electron chi connectivity index (χ0n) is 12.4. The van der Waals surface area contributed by atoms with Gasteiger partial charge in [0.25, 0.3) is 0 Å². The van der Waals surface area contributed by atoms with Crippen LogP contribution in [-0.4, -0.2) is 20.5 Å². The van der Waals surface area contributed by atoms with Crippen LogP contribution in [0.1, 0.15) is 0 Å². The fourth-order valence-corrected chi connectivity index (χ4v) is 17.3. The summed E-state index contributed by atoms with van der Waals surface area (Å²) in [5, 5.41) is 1.32. The van der Waals surface area contributed by atoms with Gasteiger partial charge in [0.2, 0.25) is 0 Å². The molecule has 0 N–H and O–H groups in total. The molecule has 1 nitrogen and oxygen atoms in total. The van der Waals surface area contributed by atoms with Crippen molar-refractivity contribution in [1.82, 2.24) is 4.00 Å². The molecule has 4 heteroatoms. The van der Waals surface area contributed by atoms with Crippen molar-refractivity contribution in [3.8, 4) is 12.1 Å². The summed E-state index contributed by atoms with van der Waals surface area (Å²) in [7, 11) is -3.42. The summed E-state index contributed by atoms with van der Waals surface area (Å²) in [6.07, 6.45) is 5.88. The maximum atomic E-state index is 5.88. The summed E-state index contributed by atoms with van der Waals surface area (Å²) in [5.41, 5.74) is 3.09. The summed E-state index contributed by atoms with van der Waals surface area (Å²) >= 11 is 0. The first-order valence-electron chi connectivity index (χ1n) is 6.29. The Hall–Kier alpha value is -0.396. The molecule has 0 aliphatic carbocycles. The van der Waals surface area contributed by atoms with Gasteiger partial charge in [-0.3, -0.25) is 0 Å². The molecular weight excluding hydrogens is 269 g/mol. The topological polar surface area (TPSA) is 3.24 Å². The van der Waals surface area contributed by atoms with E-state index in [-0.39, 0.29) is 0 Å². The minimum absolute atomic E-state index is 0.609. The van der Waals surface area contributed by atoms with Crippen LogP contribution in [-0.2, 0) is 0 Å². The van der Waals surface area contributed by atoms with Gasteiger partial charge < -0.3 is 4.00 Å². The molecule has 0 aliphatic heterocycles. The highest BCUT2D eigenvalue weighted by atomic mass is 31.1. The lowest BCUT2D eigenvalue weighted by Crippen LogP contribution is -2.56. The van der Waals surface area contributed by atoms with Crippen LogP contribution in [0, 0.1) is 12.1 Å². The van der Waals surface area contributed by atoms with Gasteiger partial charge in [0.15, 0.2) is 0 Å². The molecule has 1 aromatic rings. The molecule has 0 saturated heterocycles. The van der Waals surface area contributed by atoms with Crippen molar-refractivity contribution in [2.75, 3.05) is 0 Å². The van der Waals surface area contributed by atoms with E-state index in [4.69, 9.17) is 6.42 Å². The van der Waals surface area contributed by atoms with Gasteiger partial charge in [0, 0.05) is 5.30 Å². The van der Waals surface area contributed by atoms with E-state index < -0.39 is 24.5 Å². The van der Waals surface area contributed by atoms with Crippen molar-refractivity contribution >= 4 is 29.8 Å². The predicted molar refractivity (Wildman–Crippen MR) is 90.4 cm³/mol. The largest absolute Gasteiger partial charge is 0.311 e. The normalized spacial score (nSPS) is 14.3. The Morgan fingerprint density at radius 2 is 1.39 bits per heavy atom. The summed E-state index contributed by atoms with van der Waals surface area (Å²) in [4.78, 5) is 0. The molecule has 0 aliphatic rings. The van der Waals surface area contributed by atoms with Crippen molar-refractivity contribution < 1.29 is 0 Å². The third-order valence-corrected chi connectivity index (χ3v) is 15.4.